The molecule has 37 heavy (non-hydrogen) atoms. The van der Waals surface area contributed by atoms with Crippen LogP contribution in [0.5, 0.6) is 11.5 Å². The molecule has 3 aromatic carbocycles. The minimum absolute atomic E-state index is 0.0878. The van der Waals surface area contributed by atoms with Crippen molar-refractivity contribution in [2.24, 2.45) is 0 Å². The molecule has 2 amide bonds. The maximum Gasteiger partial charge on any atom is 0.231 e. The number of aryl methyl sites for hydroxylation is 2. The number of oxazole rings is 1. The van der Waals surface area contributed by atoms with E-state index < -0.39 is 0 Å². The minimum atomic E-state index is -0.128. The smallest absolute Gasteiger partial charge is 0.231 e. The van der Waals surface area contributed by atoms with Crippen LogP contribution < -0.4 is 20.1 Å². The van der Waals surface area contributed by atoms with Crippen molar-refractivity contribution >= 4 is 17.5 Å². The molecule has 0 unspecified atom stereocenters. The molecule has 1 aromatic heterocycles. The third-order valence-electron chi connectivity index (χ3n) is 6.06. The lowest BCUT2D eigenvalue weighted by atomic mass is 10.1. The van der Waals surface area contributed by atoms with E-state index in [1.165, 1.54) is 0 Å². The standard InChI is InChI=1S/C29H27N3O5/c1-19-24(17-30-27(33)14-12-21-11-13-25-26(15-21)36-18-35-25)32-29(37-19)22-9-5-6-10-23(22)31-28(34)16-20-7-3-2-4-8-20/h2-11,13,15H,12,14,16-18H2,1H3,(H,30,33)(H,31,34). The molecule has 0 spiro atoms. The molecule has 0 atom stereocenters. The topological polar surface area (TPSA) is 103 Å². The summed E-state index contributed by atoms with van der Waals surface area (Å²) in [5.41, 5.74) is 3.86. The molecule has 8 heteroatoms. The minimum Gasteiger partial charge on any atom is -0.454 e. The second kappa shape index (κ2) is 11.0. The van der Waals surface area contributed by atoms with Crippen LogP contribution in [0.4, 0.5) is 5.69 Å². The molecule has 0 fully saturated rings. The van der Waals surface area contributed by atoms with Crippen LogP contribution in [0, 0.1) is 6.92 Å². The van der Waals surface area contributed by atoms with Gasteiger partial charge in [0.15, 0.2) is 11.5 Å². The van der Waals surface area contributed by atoms with Crippen LogP contribution in [-0.4, -0.2) is 23.6 Å². The zero-order valence-electron chi connectivity index (χ0n) is 20.5. The summed E-state index contributed by atoms with van der Waals surface area (Å²) >= 11 is 0. The Labute approximate surface area is 214 Å². The number of anilines is 1. The van der Waals surface area contributed by atoms with Gasteiger partial charge in [-0.25, -0.2) is 4.98 Å². The van der Waals surface area contributed by atoms with Crippen LogP contribution in [0.3, 0.4) is 0 Å². The summed E-state index contributed by atoms with van der Waals surface area (Å²) in [6.45, 7) is 2.28. The Balaban J connectivity index is 1.19. The Morgan fingerprint density at radius 2 is 1.68 bits per heavy atom. The van der Waals surface area contributed by atoms with E-state index in [0.717, 1.165) is 16.9 Å². The maximum absolute atomic E-state index is 12.6. The van der Waals surface area contributed by atoms with Crippen LogP contribution in [0.25, 0.3) is 11.5 Å². The fourth-order valence-electron chi connectivity index (χ4n) is 4.09. The van der Waals surface area contributed by atoms with Crippen LogP contribution in [0.15, 0.2) is 77.2 Å². The normalized spacial score (nSPS) is 11.8. The van der Waals surface area contributed by atoms with Crippen molar-refractivity contribution in [3.8, 4) is 23.0 Å². The summed E-state index contributed by atoms with van der Waals surface area (Å²) in [5, 5.41) is 5.87. The Morgan fingerprint density at radius 1 is 0.892 bits per heavy atom. The summed E-state index contributed by atoms with van der Waals surface area (Å²) in [6.07, 6.45) is 1.19. The number of hydrogen-bond acceptors (Lipinski definition) is 6. The number of nitrogens with zero attached hydrogens (tertiary/aromatic N) is 1. The molecular weight excluding hydrogens is 470 g/mol. The molecule has 0 radical (unpaired) electrons. The predicted octanol–water partition coefficient (Wildman–Crippen LogP) is 4.81. The van der Waals surface area contributed by atoms with Crippen molar-refractivity contribution in [3.05, 3.63) is 95.4 Å². The first-order valence-corrected chi connectivity index (χ1v) is 12.1. The summed E-state index contributed by atoms with van der Waals surface area (Å²) in [4.78, 5) is 29.7. The average Bonchev–Trinajstić information content (AvgIpc) is 3.53. The van der Waals surface area contributed by atoms with Gasteiger partial charge in [0.25, 0.3) is 0 Å². The Morgan fingerprint density at radius 3 is 2.54 bits per heavy atom. The molecular formula is C29H27N3O5. The van der Waals surface area contributed by atoms with Gasteiger partial charge >= 0.3 is 0 Å². The van der Waals surface area contributed by atoms with E-state index in [1.54, 1.807) is 6.92 Å². The first kappa shape index (κ1) is 24.1. The molecule has 2 heterocycles. The number of hydrogen-bond donors (Lipinski definition) is 2. The van der Waals surface area contributed by atoms with E-state index in [2.05, 4.69) is 15.6 Å². The number of carbonyl (C=O) groups excluding carboxylic acids is 2. The largest absolute Gasteiger partial charge is 0.454 e. The van der Waals surface area contributed by atoms with Gasteiger partial charge in [0.1, 0.15) is 11.5 Å². The van der Waals surface area contributed by atoms with Crippen molar-refractivity contribution in [1.29, 1.82) is 0 Å². The van der Waals surface area contributed by atoms with Gasteiger partial charge < -0.3 is 24.5 Å². The summed E-state index contributed by atoms with van der Waals surface area (Å²) in [5.74, 6) is 2.21. The molecule has 1 aliphatic rings. The highest BCUT2D eigenvalue weighted by Crippen LogP contribution is 2.33. The molecule has 0 saturated heterocycles. The lowest BCUT2D eigenvalue weighted by Gasteiger charge is -2.09. The van der Waals surface area contributed by atoms with E-state index in [9.17, 15) is 9.59 Å². The van der Waals surface area contributed by atoms with Gasteiger partial charge in [0.2, 0.25) is 24.5 Å². The molecule has 8 nitrogen and oxygen atoms in total. The molecule has 5 rings (SSSR count). The number of para-hydroxylation sites is 1. The zero-order chi connectivity index (χ0) is 25.6. The van der Waals surface area contributed by atoms with Crippen molar-refractivity contribution < 1.29 is 23.5 Å². The first-order chi connectivity index (χ1) is 18.0. The van der Waals surface area contributed by atoms with Crippen molar-refractivity contribution in [2.45, 2.75) is 32.7 Å². The van der Waals surface area contributed by atoms with Gasteiger partial charge in [-0.2, -0.15) is 0 Å². The monoisotopic (exact) mass is 497 g/mol. The van der Waals surface area contributed by atoms with E-state index in [0.29, 0.717) is 47.2 Å². The highest BCUT2D eigenvalue weighted by molar-refractivity contribution is 5.95. The van der Waals surface area contributed by atoms with E-state index in [-0.39, 0.29) is 31.6 Å². The van der Waals surface area contributed by atoms with Gasteiger partial charge in [-0.15, -0.1) is 0 Å². The number of amides is 2. The summed E-state index contributed by atoms with van der Waals surface area (Å²) in [7, 11) is 0. The zero-order valence-corrected chi connectivity index (χ0v) is 20.5. The Hall–Kier alpha value is -4.59. The SMILES string of the molecule is Cc1oc(-c2ccccc2NC(=O)Cc2ccccc2)nc1CNC(=O)CCc1ccc2c(c1)OCO2. The molecule has 0 saturated carbocycles. The number of nitrogens with one attached hydrogen (secondary N) is 2. The quantitative estimate of drug-likeness (QED) is 0.344. The van der Waals surface area contributed by atoms with Crippen molar-refractivity contribution in [1.82, 2.24) is 10.3 Å². The Bertz CT molecular complexity index is 1410. The van der Waals surface area contributed by atoms with Crippen LogP contribution in [0.1, 0.15) is 29.0 Å². The van der Waals surface area contributed by atoms with E-state index in [4.69, 9.17) is 13.9 Å². The van der Waals surface area contributed by atoms with Crippen molar-refractivity contribution in [3.63, 3.8) is 0 Å². The van der Waals surface area contributed by atoms with Gasteiger partial charge in [-0.3, -0.25) is 9.59 Å². The van der Waals surface area contributed by atoms with Gasteiger partial charge in [0.05, 0.1) is 24.2 Å². The lowest BCUT2D eigenvalue weighted by molar-refractivity contribution is -0.121. The third kappa shape index (κ3) is 5.98. The van der Waals surface area contributed by atoms with Gasteiger partial charge in [0, 0.05) is 6.42 Å². The van der Waals surface area contributed by atoms with Gasteiger partial charge in [-0.05, 0) is 48.7 Å². The highest BCUT2D eigenvalue weighted by Gasteiger charge is 2.17. The Kier molecular flexibility index (Phi) is 7.16. The number of carbonyl (C=O) groups is 2. The molecule has 0 aliphatic carbocycles. The number of aromatic nitrogens is 1. The third-order valence-corrected chi connectivity index (χ3v) is 6.06. The van der Waals surface area contributed by atoms with E-state index >= 15 is 0 Å². The predicted molar refractivity (Wildman–Crippen MR) is 138 cm³/mol. The van der Waals surface area contributed by atoms with E-state index in [1.807, 2.05) is 72.8 Å². The second-order valence-electron chi connectivity index (χ2n) is 8.74. The maximum atomic E-state index is 12.6. The molecule has 0 bridgehead atoms. The average molecular weight is 498 g/mol. The fourth-order valence-corrected chi connectivity index (χ4v) is 4.09. The first-order valence-electron chi connectivity index (χ1n) is 12.1. The van der Waals surface area contributed by atoms with Crippen LogP contribution in [-0.2, 0) is 29.0 Å². The lowest BCUT2D eigenvalue weighted by Crippen LogP contribution is -2.23. The van der Waals surface area contributed by atoms with Crippen LogP contribution >= 0.6 is 0 Å². The van der Waals surface area contributed by atoms with Gasteiger partial charge in [-0.1, -0.05) is 48.5 Å². The number of ether oxygens (including phenoxy) is 2. The molecule has 1 aliphatic heterocycles. The highest BCUT2D eigenvalue weighted by atomic mass is 16.7. The molecule has 188 valence electrons. The summed E-state index contributed by atoms with van der Waals surface area (Å²) in [6, 6.07) is 22.6. The number of rotatable bonds is 9. The number of fused-ring (bicyclic) bond motifs is 1. The molecule has 2 N–H and O–H groups in total. The number of benzene rings is 3. The second-order valence-corrected chi connectivity index (χ2v) is 8.74. The van der Waals surface area contributed by atoms with Crippen molar-refractivity contribution in [2.75, 3.05) is 12.1 Å². The molecule has 4 aromatic rings. The summed E-state index contributed by atoms with van der Waals surface area (Å²) < 4.78 is 16.6. The fraction of sp³-hybridized carbons (Fsp3) is 0.207. The van der Waals surface area contributed by atoms with Crippen LogP contribution in [0.2, 0.25) is 0 Å².